The monoisotopic (exact) mass is 365 g/mol. The van der Waals surface area contributed by atoms with Crippen molar-refractivity contribution in [3.63, 3.8) is 0 Å². The number of hydrazone groups is 1. The Kier molecular flexibility index (Phi) is 5.22. The standard InChI is InChI=1S/C18H15N5O4/c1-27-16-8-4-12(5-9-16)17-14(10-19-21-17)11-20-22-18(24)13-2-6-15(7-3-13)23(25)26/h2-11H,1H3,(H,19,21)(H,22,24)/b20-11+. The number of non-ortho nitro benzene ring substituents is 1. The molecule has 3 rings (SSSR count). The summed E-state index contributed by atoms with van der Waals surface area (Å²) in [5.41, 5.74) is 4.87. The van der Waals surface area contributed by atoms with E-state index in [0.717, 1.165) is 17.0 Å². The fourth-order valence-electron chi connectivity index (χ4n) is 2.34. The van der Waals surface area contributed by atoms with Gasteiger partial charge in [0.1, 0.15) is 5.75 Å². The highest BCUT2D eigenvalue weighted by Gasteiger charge is 2.09. The van der Waals surface area contributed by atoms with E-state index in [1.54, 1.807) is 13.3 Å². The van der Waals surface area contributed by atoms with Crippen molar-refractivity contribution in [2.24, 2.45) is 5.10 Å². The van der Waals surface area contributed by atoms with Gasteiger partial charge < -0.3 is 4.74 Å². The van der Waals surface area contributed by atoms with E-state index in [2.05, 4.69) is 20.7 Å². The average Bonchev–Trinajstić information content (AvgIpc) is 3.16. The lowest BCUT2D eigenvalue weighted by Crippen LogP contribution is -2.17. The number of amides is 1. The van der Waals surface area contributed by atoms with E-state index >= 15 is 0 Å². The Morgan fingerprint density at radius 2 is 1.93 bits per heavy atom. The first-order chi connectivity index (χ1) is 13.1. The lowest BCUT2D eigenvalue weighted by atomic mass is 10.1. The number of aromatic amines is 1. The van der Waals surface area contributed by atoms with Crippen molar-refractivity contribution >= 4 is 17.8 Å². The topological polar surface area (TPSA) is 123 Å². The molecule has 2 aromatic carbocycles. The van der Waals surface area contributed by atoms with Crippen LogP contribution in [0.4, 0.5) is 5.69 Å². The lowest BCUT2D eigenvalue weighted by molar-refractivity contribution is -0.384. The average molecular weight is 365 g/mol. The Morgan fingerprint density at radius 1 is 1.22 bits per heavy atom. The van der Waals surface area contributed by atoms with Gasteiger partial charge in [0, 0.05) is 28.8 Å². The van der Waals surface area contributed by atoms with Crippen molar-refractivity contribution in [3.05, 3.63) is 76.0 Å². The number of hydrogen-bond donors (Lipinski definition) is 2. The minimum absolute atomic E-state index is 0.0856. The number of carbonyl (C=O) groups is 1. The first kappa shape index (κ1) is 17.8. The maximum atomic E-state index is 12.0. The van der Waals surface area contributed by atoms with Gasteiger partial charge in [-0.3, -0.25) is 20.0 Å². The number of nitrogens with one attached hydrogen (secondary N) is 2. The lowest BCUT2D eigenvalue weighted by Gasteiger charge is -2.03. The van der Waals surface area contributed by atoms with Gasteiger partial charge in [0.2, 0.25) is 0 Å². The summed E-state index contributed by atoms with van der Waals surface area (Å²) in [7, 11) is 1.59. The maximum Gasteiger partial charge on any atom is 0.271 e. The molecule has 9 nitrogen and oxygen atoms in total. The minimum Gasteiger partial charge on any atom is -0.497 e. The van der Waals surface area contributed by atoms with Crippen molar-refractivity contribution in [3.8, 4) is 17.0 Å². The normalized spacial score (nSPS) is 10.7. The molecule has 0 spiro atoms. The molecule has 0 fully saturated rings. The van der Waals surface area contributed by atoms with Crippen LogP contribution < -0.4 is 10.2 Å². The summed E-state index contributed by atoms with van der Waals surface area (Å²) in [6, 6.07) is 12.7. The van der Waals surface area contributed by atoms with Crippen LogP contribution in [0, 0.1) is 10.1 Å². The number of carbonyl (C=O) groups excluding carboxylic acids is 1. The second kappa shape index (κ2) is 7.91. The number of H-pyrrole nitrogens is 1. The highest BCUT2D eigenvalue weighted by atomic mass is 16.6. The predicted molar refractivity (Wildman–Crippen MR) is 98.7 cm³/mol. The van der Waals surface area contributed by atoms with E-state index in [0.29, 0.717) is 5.56 Å². The van der Waals surface area contributed by atoms with Gasteiger partial charge in [-0.25, -0.2) is 5.43 Å². The predicted octanol–water partition coefficient (Wildman–Crippen LogP) is 2.76. The zero-order valence-corrected chi connectivity index (χ0v) is 14.2. The van der Waals surface area contributed by atoms with Crippen molar-refractivity contribution in [2.45, 2.75) is 0 Å². The summed E-state index contributed by atoms with van der Waals surface area (Å²) in [6.45, 7) is 0. The number of nitro benzene ring substituents is 1. The Hall–Kier alpha value is -4.01. The summed E-state index contributed by atoms with van der Waals surface area (Å²) >= 11 is 0. The zero-order valence-electron chi connectivity index (χ0n) is 14.2. The summed E-state index contributed by atoms with van der Waals surface area (Å²) in [5, 5.41) is 21.4. The van der Waals surface area contributed by atoms with Crippen molar-refractivity contribution < 1.29 is 14.5 Å². The van der Waals surface area contributed by atoms with Gasteiger partial charge in [0.05, 0.1) is 30.1 Å². The van der Waals surface area contributed by atoms with E-state index < -0.39 is 10.8 Å². The van der Waals surface area contributed by atoms with Gasteiger partial charge in [0.15, 0.2) is 0 Å². The van der Waals surface area contributed by atoms with Crippen molar-refractivity contribution in [2.75, 3.05) is 7.11 Å². The van der Waals surface area contributed by atoms with Crippen LogP contribution in [-0.2, 0) is 0 Å². The number of hydrogen-bond acceptors (Lipinski definition) is 6. The Labute approximate surface area is 153 Å². The molecule has 0 bridgehead atoms. The number of nitrogens with zero attached hydrogens (tertiary/aromatic N) is 3. The van der Waals surface area contributed by atoms with Gasteiger partial charge in [-0.15, -0.1) is 0 Å². The second-order valence-electron chi connectivity index (χ2n) is 5.43. The molecule has 0 aliphatic rings. The highest BCUT2D eigenvalue weighted by Crippen LogP contribution is 2.22. The Morgan fingerprint density at radius 3 is 2.56 bits per heavy atom. The second-order valence-corrected chi connectivity index (χ2v) is 5.43. The van der Waals surface area contributed by atoms with Crippen molar-refractivity contribution in [1.29, 1.82) is 0 Å². The molecule has 0 aliphatic carbocycles. The van der Waals surface area contributed by atoms with Crippen LogP contribution in [-0.4, -0.2) is 34.4 Å². The molecular weight excluding hydrogens is 350 g/mol. The molecule has 27 heavy (non-hydrogen) atoms. The Bertz CT molecular complexity index is 978. The number of rotatable bonds is 6. The van der Waals surface area contributed by atoms with Crippen LogP contribution in [0.1, 0.15) is 15.9 Å². The van der Waals surface area contributed by atoms with Crippen molar-refractivity contribution in [1.82, 2.24) is 15.6 Å². The van der Waals surface area contributed by atoms with Gasteiger partial charge >= 0.3 is 0 Å². The van der Waals surface area contributed by atoms with Crippen LogP contribution in [0.3, 0.4) is 0 Å². The molecule has 136 valence electrons. The molecule has 2 N–H and O–H groups in total. The number of methoxy groups -OCH3 is 1. The van der Waals surface area contributed by atoms with Crippen LogP contribution in [0.2, 0.25) is 0 Å². The fourth-order valence-corrected chi connectivity index (χ4v) is 2.34. The number of nitro groups is 1. The van der Waals surface area contributed by atoms with Gasteiger partial charge in [-0.2, -0.15) is 10.2 Å². The fraction of sp³-hybridized carbons (Fsp3) is 0.0556. The smallest absolute Gasteiger partial charge is 0.271 e. The third-order valence-electron chi connectivity index (χ3n) is 3.76. The molecule has 0 atom stereocenters. The van der Waals surface area contributed by atoms with Gasteiger partial charge in [0.25, 0.3) is 11.6 Å². The maximum absolute atomic E-state index is 12.0. The van der Waals surface area contributed by atoms with E-state index in [-0.39, 0.29) is 11.3 Å². The molecule has 0 unspecified atom stereocenters. The van der Waals surface area contributed by atoms with Crippen LogP contribution in [0.15, 0.2) is 59.8 Å². The van der Waals surface area contributed by atoms with E-state index in [1.807, 2.05) is 24.3 Å². The first-order valence-corrected chi connectivity index (χ1v) is 7.84. The van der Waals surface area contributed by atoms with Crippen LogP contribution in [0.25, 0.3) is 11.3 Å². The summed E-state index contributed by atoms with van der Waals surface area (Å²) in [4.78, 5) is 22.2. The molecular formula is C18H15N5O4. The van der Waals surface area contributed by atoms with Gasteiger partial charge in [-0.05, 0) is 36.4 Å². The highest BCUT2D eigenvalue weighted by molar-refractivity contribution is 5.95. The third kappa shape index (κ3) is 4.15. The quantitative estimate of drug-likeness (QED) is 0.395. The molecule has 1 aromatic heterocycles. The molecule has 0 aliphatic heterocycles. The number of ether oxygens (including phenoxy) is 1. The summed E-state index contributed by atoms with van der Waals surface area (Å²) in [5.74, 6) is 0.263. The Balaban J connectivity index is 1.69. The third-order valence-corrected chi connectivity index (χ3v) is 3.76. The molecule has 1 amide bonds. The van der Waals surface area contributed by atoms with E-state index in [1.165, 1.54) is 30.5 Å². The molecule has 9 heteroatoms. The number of aromatic nitrogens is 2. The first-order valence-electron chi connectivity index (χ1n) is 7.84. The SMILES string of the molecule is COc1ccc(-c2[nH]ncc2/C=N/NC(=O)c2ccc([N+](=O)[O-])cc2)cc1. The minimum atomic E-state index is -0.528. The molecule has 0 saturated heterocycles. The summed E-state index contributed by atoms with van der Waals surface area (Å²) < 4.78 is 5.13. The molecule has 1 heterocycles. The van der Waals surface area contributed by atoms with E-state index in [4.69, 9.17) is 4.74 Å². The number of benzene rings is 2. The van der Waals surface area contributed by atoms with Crippen LogP contribution >= 0.6 is 0 Å². The van der Waals surface area contributed by atoms with Gasteiger partial charge in [-0.1, -0.05) is 0 Å². The largest absolute Gasteiger partial charge is 0.497 e. The molecule has 3 aromatic rings. The zero-order chi connectivity index (χ0) is 19.2. The molecule has 0 saturated carbocycles. The van der Waals surface area contributed by atoms with Crippen LogP contribution in [0.5, 0.6) is 5.75 Å². The molecule has 0 radical (unpaired) electrons. The summed E-state index contributed by atoms with van der Waals surface area (Å²) in [6.07, 6.45) is 3.05. The van der Waals surface area contributed by atoms with E-state index in [9.17, 15) is 14.9 Å².